The highest BCUT2D eigenvalue weighted by molar-refractivity contribution is 6.10. The van der Waals surface area contributed by atoms with Gasteiger partial charge in [-0.15, -0.1) is 0 Å². The average Bonchev–Trinajstić information content (AvgIpc) is 2.55. The SMILES string of the molecule is CN(C)C=C1CCCc2c(C(N)=O)nn(C)c2C1=O. The van der Waals surface area contributed by atoms with Gasteiger partial charge in [0.2, 0.25) is 5.78 Å². The standard InChI is InChI=1S/C13H18N4O2/c1-16(2)7-8-5-4-6-9-10(13(14)19)15-17(3)11(9)12(8)18/h7H,4-6H2,1-3H3,(H2,14,19). The number of Topliss-reactive ketones (excluding diaryl/α,β-unsaturated/α-hetero) is 1. The van der Waals surface area contributed by atoms with Crippen LogP contribution in [-0.2, 0) is 13.5 Å². The van der Waals surface area contributed by atoms with Crippen LogP contribution in [0.1, 0.15) is 39.4 Å². The van der Waals surface area contributed by atoms with Crippen LogP contribution in [0.5, 0.6) is 0 Å². The lowest BCUT2D eigenvalue weighted by atomic mass is 10.1. The average molecular weight is 262 g/mol. The number of fused-ring (bicyclic) bond motifs is 1. The highest BCUT2D eigenvalue weighted by Gasteiger charge is 2.28. The molecule has 0 atom stereocenters. The molecule has 6 heteroatoms. The first-order chi connectivity index (χ1) is 8.91. The van der Waals surface area contributed by atoms with Crippen molar-refractivity contribution in [1.29, 1.82) is 0 Å². The van der Waals surface area contributed by atoms with Crippen LogP contribution in [0.3, 0.4) is 0 Å². The molecule has 0 aliphatic heterocycles. The van der Waals surface area contributed by atoms with Gasteiger partial charge in [0.1, 0.15) is 5.69 Å². The zero-order valence-corrected chi connectivity index (χ0v) is 11.4. The van der Waals surface area contributed by atoms with Gasteiger partial charge in [0.15, 0.2) is 5.69 Å². The zero-order valence-electron chi connectivity index (χ0n) is 11.4. The summed E-state index contributed by atoms with van der Waals surface area (Å²) >= 11 is 0. The number of hydrogen-bond acceptors (Lipinski definition) is 4. The number of rotatable bonds is 2. The van der Waals surface area contributed by atoms with E-state index in [9.17, 15) is 9.59 Å². The first-order valence-electron chi connectivity index (χ1n) is 6.19. The first kappa shape index (κ1) is 13.3. The van der Waals surface area contributed by atoms with Gasteiger partial charge in [0, 0.05) is 38.5 Å². The molecule has 0 spiro atoms. The van der Waals surface area contributed by atoms with E-state index in [0.29, 0.717) is 24.1 Å². The van der Waals surface area contributed by atoms with Crippen molar-refractivity contribution in [2.75, 3.05) is 14.1 Å². The minimum Gasteiger partial charge on any atom is -0.383 e. The second-order valence-electron chi connectivity index (χ2n) is 4.96. The Kier molecular flexibility index (Phi) is 3.42. The predicted molar refractivity (Wildman–Crippen MR) is 70.8 cm³/mol. The van der Waals surface area contributed by atoms with Crippen LogP contribution in [0.25, 0.3) is 0 Å². The lowest BCUT2D eigenvalue weighted by Crippen LogP contribution is -2.14. The molecule has 0 aromatic carbocycles. The Morgan fingerprint density at radius 1 is 1.42 bits per heavy atom. The second-order valence-corrected chi connectivity index (χ2v) is 4.96. The lowest BCUT2D eigenvalue weighted by Gasteiger charge is -2.09. The summed E-state index contributed by atoms with van der Waals surface area (Å²) < 4.78 is 1.46. The molecule has 102 valence electrons. The summed E-state index contributed by atoms with van der Waals surface area (Å²) in [6.07, 6.45) is 3.99. The van der Waals surface area contributed by atoms with Crippen molar-refractivity contribution in [1.82, 2.24) is 14.7 Å². The summed E-state index contributed by atoms with van der Waals surface area (Å²) in [5.74, 6) is -0.645. The quantitative estimate of drug-likeness (QED) is 0.621. The molecule has 19 heavy (non-hydrogen) atoms. The lowest BCUT2D eigenvalue weighted by molar-refractivity contribution is 0.0991. The summed E-state index contributed by atoms with van der Waals surface area (Å²) in [7, 11) is 5.43. The number of allylic oxidation sites excluding steroid dienone is 1. The Bertz CT molecular complexity index is 569. The van der Waals surface area contributed by atoms with E-state index in [0.717, 1.165) is 12.0 Å². The highest BCUT2D eigenvalue weighted by atomic mass is 16.1. The van der Waals surface area contributed by atoms with Crippen LogP contribution in [-0.4, -0.2) is 40.5 Å². The molecule has 1 aromatic rings. The zero-order chi connectivity index (χ0) is 14.2. The van der Waals surface area contributed by atoms with Gasteiger partial charge in [-0.25, -0.2) is 0 Å². The fraction of sp³-hybridized carbons (Fsp3) is 0.462. The van der Waals surface area contributed by atoms with Crippen LogP contribution in [0, 0.1) is 0 Å². The van der Waals surface area contributed by atoms with E-state index in [4.69, 9.17) is 5.73 Å². The van der Waals surface area contributed by atoms with Crippen LogP contribution in [0.4, 0.5) is 0 Å². The van der Waals surface area contributed by atoms with E-state index >= 15 is 0 Å². The van der Waals surface area contributed by atoms with Crippen molar-refractivity contribution in [3.8, 4) is 0 Å². The van der Waals surface area contributed by atoms with Crippen molar-refractivity contribution < 1.29 is 9.59 Å². The van der Waals surface area contributed by atoms with Crippen molar-refractivity contribution in [2.24, 2.45) is 12.8 Å². The van der Waals surface area contributed by atoms with E-state index in [-0.39, 0.29) is 11.5 Å². The van der Waals surface area contributed by atoms with Gasteiger partial charge in [-0.2, -0.15) is 5.10 Å². The maximum Gasteiger partial charge on any atom is 0.269 e. The molecule has 0 saturated heterocycles. The number of hydrogen-bond donors (Lipinski definition) is 1. The Hall–Kier alpha value is -2.11. The maximum atomic E-state index is 12.5. The summed E-state index contributed by atoms with van der Waals surface area (Å²) in [6.45, 7) is 0. The first-order valence-corrected chi connectivity index (χ1v) is 6.19. The number of nitrogens with two attached hydrogens (primary N) is 1. The van der Waals surface area contributed by atoms with Gasteiger partial charge in [0.25, 0.3) is 5.91 Å². The third-order valence-corrected chi connectivity index (χ3v) is 3.17. The van der Waals surface area contributed by atoms with E-state index in [1.165, 1.54) is 4.68 Å². The van der Waals surface area contributed by atoms with Crippen LogP contribution in [0.15, 0.2) is 11.8 Å². The molecule has 0 unspecified atom stereocenters. The van der Waals surface area contributed by atoms with Crippen LogP contribution in [0.2, 0.25) is 0 Å². The van der Waals surface area contributed by atoms with Gasteiger partial charge in [-0.3, -0.25) is 14.3 Å². The van der Waals surface area contributed by atoms with Gasteiger partial charge < -0.3 is 10.6 Å². The number of ketones is 1. The molecule has 1 heterocycles. The van der Waals surface area contributed by atoms with Crippen molar-refractivity contribution in [2.45, 2.75) is 19.3 Å². The Labute approximate surface area is 111 Å². The fourth-order valence-electron chi connectivity index (χ4n) is 2.44. The van der Waals surface area contributed by atoms with Gasteiger partial charge >= 0.3 is 0 Å². The molecule has 6 nitrogen and oxygen atoms in total. The molecule has 1 aliphatic rings. The molecule has 1 aliphatic carbocycles. The van der Waals surface area contributed by atoms with E-state index < -0.39 is 5.91 Å². The summed E-state index contributed by atoms with van der Waals surface area (Å²) in [5.41, 5.74) is 7.44. The number of carbonyl (C=O) groups excluding carboxylic acids is 2. The molecule has 1 amide bonds. The predicted octanol–water partition coefficient (Wildman–Crippen LogP) is 0.483. The Balaban J connectivity index is 2.55. The van der Waals surface area contributed by atoms with Crippen molar-refractivity contribution >= 4 is 11.7 Å². The largest absolute Gasteiger partial charge is 0.383 e. The van der Waals surface area contributed by atoms with Crippen molar-refractivity contribution in [3.05, 3.63) is 28.7 Å². The van der Waals surface area contributed by atoms with Gasteiger partial charge in [0.05, 0.1) is 0 Å². The minimum atomic E-state index is -0.579. The molecule has 0 radical (unpaired) electrons. The third kappa shape index (κ3) is 2.38. The van der Waals surface area contributed by atoms with E-state index in [2.05, 4.69) is 5.10 Å². The normalized spacial score (nSPS) is 17.2. The molecule has 0 bridgehead atoms. The molecule has 2 N–H and O–H groups in total. The highest BCUT2D eigenvalue weighted by Crippen LogP contribution is 2.26. The Morgan fingerprint density at radius 3 is 2.68 bits per heavy atom. The smallest absolute Gasteiger partial charge is 0.269 e. The molecule has 0 fully saturated rings. The van der Waals surface area contributed by atoms with E-state index in [1.54, 1.807) is 7.05 Å². The number of aromatic nitrogens is 2. The summed E-state index contributed by atoms with van der Waals surface area (Å²) in [4.78, 5) is 25.7. The fourth-order valence-corrected chi connectivity index (χ4v) is 2.44. The number of amides is 1. The van der Waals surface area contributed by atoms with E-state index in [1.807, 2.05) is 25.2 Å². The number of primary amides is 1. The number of carbonyl (C=O) groups is 2. The second kappa shape index (κ2) is 4.87. The number of nitrogens with zero attached hydrogens (tertiary/aromatic N) is 3. The van der Waals surface area contributed by atoms with Crippen LogP contribution >= 0.6 is 0 Å². The molecule has 0 saturated carbocycles. The van der Waals surface area contributed by atoms with Crippen LogP contribution < -0.4 is 5.73 Å². The minimum absolute atomic E-state index is 0.0660. The maximum absolute atomic E-state index is 12.5. The van der Waals surface area contributed by atoms with Gasteiger partial charge in [-0.1, -0.05) is 0 Å². The molecular formula is C13H18N4O2. The summed E-state index contributed by atoms with van der Waals surface area (Å²) in [6, 6.07) is 0. The molecular weight excluding hydrogens is 244 g/mol. The van der Waals surface area contributed by atoms with Gasteiger partial charge in [-0.05, 0) is 19.3 Å². The number of aryl methyl sites for hydroxylation is 1. The molecule has 2 rings (SSSR count). The topological polar surface area (TPSA) is 81.2 Å². The van der Waals surface area contributed by atoms with Crippen molar-refractivity contribution in [3.63, 3.8) is 0 Å². The Morgan fingerprint density at radius 2 is 2.11 bits per heavy atom. The third-order valence-electron chi connectivity index (χ3n) is 3.17. The monoisotopic (exact) mass is 262 g/mol. The molecule has 1 aromatic heterocycles. The summed E-state index contributed by atoms with van der Waals surface area (Å²) in [5, 5.41) is 4.08.